The van der Waals surface area contributed by atoms with E-state index in [0.29, 0.717) is 12.1 Å². The van der Waals surface area contributed by atoms with Gasteiger partial charge in [-0.2, -0.15) is 0 Å². The van der Waals surface area contributed by atoms with Gasteiger partial charge in [0.25, 0.3) is 0 Å². The molecule has 1 aromatic rings. The van der Waals surface area contributed by atoms with Crippen molar-refractivity contribution in [3.05, 3.63) is 35.1 Å². The summed E-state index contributed by atoms with van der Waals surface area (Å²) in [6, 6.07) is 4.31. The maximum Gasteiger partial charge on any atom is 0.320 e. The molecule has 0 aliphatic heterocycles. The Morgan fingerprint density at radius 2 is 2.12 bits per heavy atom. The monoisotopic (exact) mass is 239 g/mol. The van der Waals surface area contributed by atoms with Gasteiger partial charge in [0.05, 0.1) is 0 Å². The molecule has 0 fully saturated rings. The van der Waals surface area contributed by atoms with Gasteiger partial charge in [-0.3, -0.25) is 4.79 Å². The van der Waals surface area contributed by atoms with Crippen LogP contribution in [-0.2, 0) is 11.3 Å². The number of nitrogens with one attached hydrogen (secondary N) is 1. The first-order valence-electron chi connectivity index (χ1n) is 5.63. The van der Waals surface area contributed by atoms with Crippen molar-refractivity contribution >= 4 is 5.97 Å². The standard InChI is InChI=1S/C13H18FNO2/c1-8(2)12(13(16)17)15-7-10-5-4-9(3)11(14)6-10/h4-6,8,12,15H,7H2,1-3H3,(H,16,17). The topological polar surface area (TPSA) is 49.3 Å². The molecule has 0 aromatic heterocycles. The Morgan fingerprint density at radius 1 is 1.47 bits per heavy atom. The number of carboxylic acids is 1. The van der Waals surface area contributed by atoms with E-state index >= 15 is 0 Å². The van der Waals surface area contributed by atoms with Crippen LogP contribution in [0.25, 0.3) is 0 Å². The minimum Gasteiger partial charge on any atom is -0.480 e. The lowest BCUT2D eigenvalue weighted by Crippen LogP contribution is -2.40. The molecule has 0 radical (unpaired) electrons. The van der Waals surface area contributed by atoms with Crippen LogP contribution < -0.4 is 5.32 Å². The molecular weight excluding hydrogens is 221 g/mol. The van der Waals surface area contributed by atoms with Gasteiger partial charge in [0.2, 0.25) is 0 Å². The lowest BCUT2D eigenvalue weighted by Gasteiger charge is -2.18. The van der Waals surface area contributed by atoms with Crippen LogP contribution in [0, 0.1) is 18.7 Å². The average Bonchev–Trinajstić information content (AvgIpc) is 2.22. The third-order valence-corrected chi connectivity index (χ3v) is 2.70. The van der Waals surface area contributed by atoms with Crippen LogP contribution in [0.1, 0.15) is 25.0 Å². The SMILES string of the molecule is Cc1ccc(CNC(C(=O)O)C(C)C)cc1F. The third-order valence-electron chi connectivity index (χ3n) is 2.70. The van der Waals surface area contributed by atoms with Gasteiger partial charge in [0.1, 0.15) is 11.9 Å². The van der Waals surface area contributed by atoms with Crippen molar-refractivity contribution in [2.45, 2.75) is 33.4 Å². The first-order chi connectivity index (χ1) is 7.91. The van der Waals surface area contributed by atoms with Gasteiger partial charge in [-0.05, 0) is 30.0 Å². The number of carbonyl (C=O) groups is 1. The lowest BCUT2D eigenvalue weighted by molar-refractivity contribution is -0.140. The van der Waals surface area contributed by atoms with E-state index in [1.54, 1.807) is 19.1 Å². The smallest absolute Gasteiger partial charge is 0.320 e. The highest BCUT2D eigenvalue weighted by Crippen LogP contribution is 2.10. The van der Waals surface area contributed by atoms with Crippen molar-refractivity contribution in [3.63, 3.8) is 0 Å². The van der Waals surface area contributed by atoms with E-state index in [1.165, 1.54) is 6.07 Å². The van der Waals surface area contributed by atoms with E-state index in [2.05, 4.69) is 5.32 Å². The fourth-order valence-corrected chi connectivity index (χ4v) is 1.58. The molecule has 1 unspecified atom stereocenters. The second-order valence-corrected chi connectivity index (χ2v) is 4.52. The second-order valence-electron chi connectivity index (χ2n) is 4.52. The molecule has 0 spiro atoms. The summed E-state index contributed by atoms with van der Waals surface area (Å²) in [6.07, 6.45) is 0. The Bertz CT molecular complexity index is 404. The summed E-state index contributed by atoms with van der Waals surface area (Å²) in [4.78, 5) is 10.9. The lowest BCUT2D eigenvalue weighted by atomic mass is 10.0. The predicted molar refractivity (Wildman–Crippen MR) is 64.2 cm³/mol. The van der Waals surface area contributed by atoms with E-state index in [4.69, 9.17) is 5.11 Å². The van der Waals surface area contributed by atoms with E-state index in [0.717, 1.165) is 5.56 Å². The fraction of sp³-hybridized carbons (Fsp3) is 0.462. The van der Waals surface area contributed by atoms with Crippen LogP contribution >= 0.6 is 0 Å². The van der Waals surface area contributed by atoms with Crippen LogP contribution in [0.4, 0.5) is 4.39 Å². The quantitative estimate of drug-likeness (QED) is 0.829. The highest BCUT2D eigenvalue weighted by atomic mass is 19.1. The van der Waals surface area contributed by atoms with Crippen molar-refractivity contribution in [2.24, 2.45) is 5.92 Å². The first-order valence-corrected chi connectivity index (χ1v) is 5.63. The summed E-state index contributed by atoms with van der Waals surface area (Å²) >= 11 is 0. The molecule has 3 nitrogen and oxygen atoms in total. The average molecular weight is 239 g/mol. The van der Waals surface area contributed by atoms with Crippen molar-refractivity contribution < 1.29 is 14.3 Å². The minimum absolute atomic E-state index is 0.0113. The number of benzene rings is 1. The molecule has 0 amide bonds. The molecule has 4 heteroatoms. The molecule has 1 rings (SSSR count). The zero-order valence-corrected chi connectivity index (χ0v) is 10.3. The summed E-state index contributed by atoms with van der Waals surface area (Å²) in [6.45, 7) is 5.72. The van der Waals surface area contributed by atoms with E-state index < -0.39 is 12.0 Å². The van der Waals surface area contributed by atoms with E-state index in [1.807, 2.05) is 13.8 Å². The predicted octanol–water partition coefficient (Wildman–Crippen LogP) is 2.33. The summed E-state index contributed by atoms with van der Waals surface area (Å²) in [5.74, 6) is -1.16. The Labute approximate surface area is 101 Å². The zero-order chi connectivity index (χ0) is 13.0. The van der Waals surface area contributed by atoms with Crippen LogP contribution in [0.5, 0.6) is 0 Å². The maximum absolute atomic E-state index is 13.3. The number of aliphatic carboxylic acids is 1. The number of carboxylic acid groups (broad SMARTS) is 1. The minimum atomic E-state index is -0.882. The Hall–Kier alpha value is -1.42. The second kappa shape index (κ2) is 5.77. The Morgan fingerprint density at radius 3 is 2.59 bits per heavy atom. The summed E-state index contributed by atoms with van der Waals surface area (Å²) in [5.41, 5.74) is 1.34. The van der Waals surface area contributed by atoms with Crippen LogP contribution in [0.3, 0.4) is 0 Å². The highest BCUT2D eigenvalue weighted by Gasteiger charge is 2.20. The van der Waals surface area contributed by atoms with Crippen molar-refractivity contribution in [2.75, 3.05) is 0 Å². The third kappa shape index (κ3) is 3.82. The molecule has 94 valence electrons. The van der Waals surface area contributed by atoms with E-state index in [9.17, 15) is 9.18 Å². The van der Waals surface area contributed by atoms with E-state index in [-0.39, 0.29) is 11.7 Å². The summed E-state index contributed by atoms with van der Waals surface area (Å²) in [7, 11) is 0. The van der Waals surface area contributed by atoms with Gasteiger partial charge in [0.15, 0.2) is 0 Å². The molecule has 2 N–H and O–H groups in total. The first kappa shape index (κ1) is 13.6. The molecule has 0 aliphatic rings. The molecule has 0 heterocycles. The van der Waals surface area contributed by atoms with Crippen LogP contribution in [0.2, 0.25) is 0 Å². The van der Waals surface area contributed by atoms with Crippen molar-refractivity contribution in [3.8, 4) is 0 Å². The van der Waals surface area contributed by atoms with Crippen molar-refractivity contribution in [1.29, 1.82) is 0 Å². The number of hydrogen-bond acceptors (Lipinski definition) is 2. The van der Waals surface area contributed by atoms with Gasteiger partial charge in [-0.25, -0.2) is 4.39 Å². The molecule has 1 aromatic carbocycles. The molecule has 0 saturated heterocycles. The molecule has 1 atom stereocenters. The number of rotatable bonds is 5. The van der Waals surface area contributed by atoms with Gasteiger partial charge >= 0.3 is 5.97 Å². The normalized spacial score (nSPS) is 12.8. The molecule has 0 bridgehead atoms. The largest absolute Gasteiger partial charge is 0.480 e. The highest BCUT2D eigenvalue weighted by molar-refractivity contribution is 5.73. The number of aryl methyl sites for hydroxylation is 1. The number of hydrogen-bond donors (Lipinski definition) is 2. The van der Waals surface area contributed by atoms with Gasteiger partial charge in [-0.1, -0.05) is 26.0 Å². The molecule has 0 aliphatic carbocycles. The van der Waals surface area contributed by atoms with Gasteiger partial charge in [0, 0.05) is 6.54 Å². The van der Waals surface area contributed by atoms with Crippen molar-refractivity contribution in [1.82, 2.24) is 5.32 Å². The van der Waals surface area contributed by atoms with Crippen LogP contribution in [0.15, 0.2) is 18.2 Å². The number of halogens is 1. The summed E-state index contributed by atoms with van der Waals surface area (Å²) < 4.78 is 13.3. The summed E-state index contributed by atoms with van der Waals surface area (Å²) in [5, 5.41) is 11.9. The fourth-order valence-electron chi connectivity index (χ4n) is 1.58. The van der Waals surface area contributed by atoms with Gasteiger partial charge in [-0.15, -0.1) is 0 Å². The molecular formula is C13H18FNO2. The maximum atomic E-state index is 13.3. The van der Waals surface area contributed by atoms with Crippen LogP contribution in [-0.4, -0.2) is 17.1 Å². The van der Waals surface area contributed by atoms with Gasteiger partial charge < -0.3 is 10.4 Å². The molecule has 17 heavy (non-hydrogen) atoms. The Kier molecular flexibility index (Phi) is 4.63. The molecule has 0 saturated carbocycles. The zero-order valence-electron chi connectivity index (χ0n) is 10.3. The Balaban J connectivity index is 2.65.